The van der Waals surface area contributed by atoms with E-state index in [1.165, 1.54) is 0 Å². The zero-order valence-electron chi connectivity index (χ0n) is 26.7. The van der Waals surface area contributed by atoms with E-state index in [-0.39, 0.29) is 11.6 Å². The van der Waals surface area contributed by atoms with Crippen LogP contribution in [0.25, 0.3) is 11.2 Å². The van der Waals surface area contributed by atoms with Gasteiger partial charge in [0, 0.05) is 6.54 Å². The van der Waals surface area contributed by atoms with E-state index in [1.807, 2.05) is 42.5 Å². The molecule has 0 radical (unpaired) electrons. The van der Waals surface area contributed by atoms with Crippen molar-refractivity contribution in [2.24, 2.45) is 0 Å². The second-order valence-corrected chi connectivity index (χ2v) is 17.1. The van der Waals surface area contributed by atoms with Crippen molar-refractivity contribution >= 4 is 19.5 Å². The molecule has 0 aliphatic carbocycles. The van der Waals surface area contributed by atoms with Crippen LogP contribution in [0.2, 0.25) is 18.1 Å². The molecule has 230 valence electrons. The van der Waals surface area contributed by atoms with Gasteiger partial charge in [-0.3, -0.25) is 0 Å². The molecule has 5 rings (SSSR count). The van der Waals surface area contributed by atoms with Gasteiger partial charge in [0.2, 0.25) is 0 Å². The molecule has 0 N–H and O–H groups in total. The molecular formula is C35H42N4O4Si. The van der Waals surface area contributed by atoms with Crippen LogP contribution in [0.1, 0.15) is 43.3 Å². The van der Waals surface area contributed by atoms with Gasteiger partial charge in [-0.15, -0.1) is 0 Å². The molecule has 0 atom stereocenters. The zero-order chi connectivity index (χ0) is 31.4. The van der Waals surface area contributed by atoms with E-state index in [9.17, 15) is 0 Å². The van der Waals surface area contributed by atoms with Gasteiger partial charge in [0.1, 0.15) is 41.4 Å². The van der Waals surface area contributed by atoms with Crippen molar-refractivity contribution in [2.45, 2.75) is 57.7 Å². The fourth-order valence-corrected chi connectivity index (χ4v) is 6.16. The van der Waals surface area contributed by atoms with Gasteiger partial charge in [0.25, 0.3) is 0 Å². The van der Waals surface area contributed by atoms with E-state index in [0.717, 1.165) is 45.2 Å². The summed E-state index contributed by atoms with van der Waals surface area (Å²) < 4.78 is 26.8. The van der Waals surface area contributed by atoms with Crippen LogP contribution in [-0.4, -0.2) is 48.7 Å². The maximum atomic E-state index is 7.15. The molecule has 2 aromatic heterocycles. The quantitative estimate of drug-likeness (QED) is 0.108. The molecule has 0 spiro atoms. The summed E-state index contributed by atoms with van der Waals surface area (Å²) >= 11 is 0. The molecule has 9 heteroatoms. The molecule has 0 bridgehead atoms. The molecule has 5 aromatic rings. The average molecular weight is 611 g/mol. The second-order valence-electron chi connectivity index (χ2n) is 12.3. The molecule has 8 nitrogen and oxygen atoms in total. The SMILES string of the molecule is COc1ccc(C(OCc2nc3cncnc3n2CCO[Si](C)(C)C(C)(C)C)(c2ccccc2)c2ccc(OC)cc2)cc1. The Labute approximate surface area is 261 Å². The van der Waals surface area contributed by atoms with Crippen molar-refractivity contribution < 1.29 is 18.6 Å². The fraction of sp³-hybridized carbons (Fsp3) is 0.343. The van der Waals surface area contributed by atoms with Gasteiger partial charge in [-0.1, -0.05) is 75.4 Å². The highest BCUT2D eigenvalue weighted by atomic mass is 28.4. The number of methoxy groups -OCH3 is 2. The summed E-state index contributed by atoms with van der Waals surface area (Å²) in [6, 6.07) is 26.3. The maximum absolute atomic E-state index is 7.15. The first-order valence-electron chi connectivity index (χ1n) is 14.9. The predicted octanol–water partition coefficient (Wildman–Crippen LogP) is 7.37. The summed E-state index contributed by atoms with van der Waals surface area (Å²) in [4.78, 5) is 13.8. The highest BCUT2D eigenvalue weighted by Gasteiger charge is 2.39. The lowest BCUT2D eigenvalue weighted by Gasteiger charge is -2.36. The van der Waals surface area contributed by atoms with Crippen LogP contribution in [-0.2, 0) is 27.9 Å². The van der Waals surface area contributed by atoms with E-state index < -0.39 is 13.9 Å². The lowest BCUT2D eigenvalue weighted by molar-refractivity contribution is -0.00455. The smallest absolute Gasteiger partial charge is 0.192 e. The van der Waals surface area contributed by atoms with Crippen molar-refractivity contribution in [2.75, 3.05) is 20.8 Å². The highest BCUT2D eigenvalue weighted by Crippen LogP contribution is 2.42. The molecule has 0 aliphatic heterocycles. The minimum Gasteiger partial charge on any atom is -0.497 e. The highest BCUT2D eigenvalue weighted by molar-refractivity contribution is 6.74. The fourth-order valence-electron chi connectivity index (χ4n) is 5.13. The van der Waals surface area contributed by atoms with E-state index in [4.69, 9.17) is 23.6 Å². The van der Waals surface area contributed by atoms with E-state index in [2.05, 4.69) is 84.8 Å². The topological polar surface area (TPSA) is 80.5 Å². The number of imidazole rings is 1. The van der Waals surface area contributed by atoms with Crippen LogP contribution in [0.5, 0.6) is 11.5 Å². The first kappa shape index (κ1) is 31.4. The number of hydrogen-bond donors (Lipinski definition) is 0. The van der Waals surface area contributed by atoms with Crippen LogP contribution in [0, 0.1) is 0 Å². The Balaban J connectivity index is 1.58. The minimum absolute atomic E-state index is 0.115. The lowest BCUT2D eigenvalue weighted by atomic mass is 9.80. The predicted molar refractivity (Wildman–Crippen MR) is 176 cm³/mol. The molecule has 0 fully saturated rings. The molecule has 3 aromatic carbocycles. The molecule has 0 saturated carbocycles. The number of rotatable bonds is 12. The first-order chi connectivity index (χ1) is 21.1. The molecule has 2 heterocycles. The zero-order valence-corrected chi connectivity index (χ0v) is 27.7. The number of fused-ring (bicyclic) bond motifs is 1. The van der Waals surface area contributed by atoms with E-state index >= 15 is 0 Å². The van der Waals surface area contributed by atoms with Crippen molar-refractivity contribution in [3.63, 3.8) is 0 Å². The Bertz CT molecular complexity index is 1620. The van der Waals surface area contributed by atoms with Gasteiger partial charge in [-0.25, -0.2) is 15.0 Å². The van der Waals surface area contributed by atoms with Crippen molar-refractivity contribution in [1.29, 1.82) is 0 Å². The summed E-state index contributed by atoms with van der Waals surface area (Å²) in [5.74, 6) is 2.29. The van der Waals surface area contributed by atoms with Crippen molar-refractivity contribution in [3.8, 4) is 11.5 Å². The number of nitrogens with zero attached hydrogens (tertiary/aromatic N) is 4. The van der Waals surface area contributed by atoms with Gasteiger partial charge in [0.15, 0.2) is 14.0 Å². The van der Waals surface area contributed by atoms with E-state index in [0.29, 0.717) is 13.2 Å². The molecule has 0 saturated heterocycles. The third-order valence-corrected chi connectivity index (χ3v) is 13.2. The number of ether oxygens (including phenoxy) is 3. The monoisotopic (exact) mass is 610 g/mol. The van der Waals surface area contributed by atoms with Gasteiger partial charge in [-0.2, -0.15) is 0 Å². The van der Waals surface area contributed by atoms with Crippen LogP contribution in [0.4, 0.5) is 0 Å². The molecule has 0 unspecified atom stereocenters. The van der Waals surface area contributed by atoms with Gasteiger partial charge in [0.05, 0.1) is 27.0 Å². The largest absolute Gasteiger partial charge is 0.497 e. The van der Waals surface area contributed by atoms with Crippen LogP contribution < -0.4 is 9.47 Å². The first-order valence-corrected chi connectivity index (χ1v) is 17.8. The second kappa shape index (κ2) is 12.9. The minimum atomic E-state index is -1.94. The third-order valence-electron chi connectivity index (χ3n) is 8.66. The lowest BCUT2D eigenvalue weighted by Crippen LogP contribution is -2.41. The summed E-state index contributed by atoms with van der Waals surface area (Å²) in [5, 5.41) is 0.115. The summed E-state index contributed by atoms with van der Waals surface area (Å²) in [6.45, 7) is 12.6. The summed E-state index contributed by atoms with van der Waals surface area (Å²) in [7, 11) is 1.40. The van der Waals surface area contributed by atoms with Crippen molar-refractivity contribution in [3.05, 3.63) is 114 Å². The van der Waals surface area contributed by atoms with Gasteiger partial charge >= 0.3 is 0 Å². The number of hydrogen-bond acceptors (Lipinski definition) is 7. The summed E-state index contributed by atoms with van der Waals surface area (Å²) in [5.41, 5.74) is 3.41. The van der Waals surface area contributed by atoms with Crippen LogP contribution in [0.3, 0.4) is 0 Å². The number of aromatic nitrogens is 4. The Morgan fingerprint density at radius 3 is 1.89 bits per heavy atom. The van der Waals surface area contributed by atoms with Crippen LogP contribution in [0.15, 0.2) is 91.4 Å². The molecular weight excluding hydrogens is 568 g/mol. The van der Waals surface area contributed by atoms with Gasteiger partial charge < -0.3 is 23.2 Å². The Morgan fingerprint density at radius 1 is 0.773 bits per heavy atom. The Hall–Kier alpha value is -4.05. The Kier molecular flexibility index (Phi) is 9.20. The molecule has 0 amide bonds. The normalized spacial score (nSPS) is 12.4. The molecule has 44 heavy (non-hydrogen) atoms. The standard InChI is InChI=1S/C35H42N4O4Si/c1-34(2,3)44(6,7)43-22-21-39-32(38-31-23-36-25-37-33(31)39)24-42-35(26-11-9-8-10-12-26,27-13-17-29(40-4)18-14-27)28-15-19-30(41-5)20-16-28/h8-20,23,25H,21-22,24H2,1-7H3. The van der Waals surface area contributed by atoms with Crippen LogP contribution >= 0.6 is 0 Å². The van der Waals surface area contributed by atoms with Crippen molar-refractivity contribution in [1.82, 2.24) is 19.5 Å². The van der Waals surface area contributed by atoms with E-state index in [1.54, 1.807) is 26.7 Å². The van der Waals surface area contributed by atoms with Gasteiger partial charge in [-0.05, 0) is 59.1 Å². The third kappa shape index (κ3) is 6.26. The average Bonchev–Trinajstić information content (AvgIpc) is 3.39. The number of benzene rings is 3. The maximum Gasteiger partial charge on any atom is 0.192 e. The molecule has 0 aliphatic rings. The Morgan fingerprint density at radius 2 is 1.34 bits per heavy atom. The summed E-state index contributed by atoms with van der Waals surface area (Å²) in [6.07, 6.45) is 3.30.